The fourth-order valence-corrected chi connectivity index (χ4v) is 4.52. The van der Waals surface area contributed by atoms with Crippen molar-refractivity contribution in [1.29, 1.82) is 0 Å². The topological polar surface area (TPSA) is 72.8 Å². The summed E-state index contributed by atoms with van der Waals surface area (Å²) >= 11 is 0. The van der Waals surface area contributed by atoms with Gasteiger partial charge < -0.3 is 14.6 Å². The minimum atomic E-state index is -0.425. The predicted molar refractivity (Wildman–Crippen MR) is 129 cm³/mol. The maximum Gasteiger partial charge on any atom is 0.305 e. The number of methoxy groups -OCH3 is 2. The van der Waals surface area contributed by atoms with Gasteiger partial charge in [-0.3, -0.25) is 9.59 Å². The first-order chi connectivity index (χ1) is 15.1. The molecule has 0 aromatic rings. The molecular formula is C27H46O5. The zero-order valence-corrected chi connectivity index (χ0v) is 21.1. The highest BCUT2D eigenvalue weighted by Crippen LogP contribution is 2.38. The van der Waals surface area contributed by atoms with Gasteiger partial charge in [0, 0.05) is 37.2 Å². The Balaban J connectivity index is 2.84. The van der Waals surface area contributed by atoms with Crippen LogP contribution in [-0.2, 0) is 19.1 Å². The molecule has 0 amide bonds. The molecule has 1 saturated carbocycles. The number of esters is 1. The monoisotopic (exact) mass is 450 g/mol. The van der Waals surface area contributed by atoms with Crippen LogP contribution in [0.15, 0.2) is 24.3 Å². The van der Waals surface area contributed by atoms with Crippen molar-refractivity contribution in [3.05, 3.63) is 24.3 Å². The Kier molecular flexibility index (Phi) is 13.1. The van der Waals surface area contributed by atoms with Crippen LogP contribution in [0.1, 0.15) is 85.5 Å². The number of carbonyl (C=O) groups is 2. The van der Waals surface area contributed by atoms with Crippen LogP contribution in [-0.4, -0.2) is 43.3 Å². The summed E-state index contributed by atoms with van der Waals surface area (Å²) in [6.45, 7) is 8.14. The Labute approximate surface area is 195 Å². The molecule has 0 spiro atoms. The molecule has 1 N–H and O–H groups in total. The van der Waals surface area contributed by atoms with Crippen molar-refractivity contribution in [2.75, 3.05) is 14.2 Å². The first-order valence-corrected chi connectivity index (χ1v) is 12.3. The molecule has 0 saturated heterocycles. The summed E-state index contributed by atoms with van der Waals surface area (Å²) in [5.74, 6) is 0.145. The van der Waals surface area contributed by atoms with Gasteiger partial charge in [0.1, 0.15) is 5.78 Å². The highest BCUT2D eigenvalue weighted by atomic mass is 16.5. The largest absolute Gasteiger partial charge is 0.469 e. The highest BCUT2D eigenvalue weighted by molar-refractivity contribution is 5.87. The van der Waals surface area contributed by atoms with E-state index in [-0.39, 0.29) is 41.0 Å². The Bertz CT molecular complexity index is 616. The Morgan fingerprint density at radius 3 is 2.44 bits per heavy atom. The molecule has 5 heteroatoms. The van der Waals surface area contributed by atoms with Gasteiger partial charge in [-0.1, -0.05) is 71.3 Å². The standard InChI is InChI=1S/C27H46O5/c1-7-8-11-14-20(26(30)27(2,3)4)17-18-22-21(23(28)19-24(22)31-5)15-12-9-10-13-16-25(29)32-6/h9,12,17-18,20-24,28H,7-8,10-11,13-16,19H2,1-6H3. The number of hydrogen-bond donors (Lipinski definition) is 1. The molecule has 5 unspecified atom stereocenters. The fourth-order valence-electron chi connectivity index (χ4n) is 4.52. The molecule has 5 nitrogen and oxygen atoms in total. The van der Waals surface area contributed by atoms with Gasteiger partial charge in [-0.25, -0.2) is 0 Å². The number of rotatable bonds is 14. The van der Waals surface area contributed by atoms with Crippen LogP contribution in [0.25, 0.3) is 0 Å². The van der Waals surface area contributed by atoms with E-state index in [0.717, 1.165) is 44.9 Å². The summed E-state index contributed by atoms with van der Waals surface area (Å²) in [5.41, 5.74) is -0.372. The van der Waals surface area contributed by atoms with Gasteiger partial charge >= 0.3 is 5.97 Å². The van der Waals surface area contributed by atoms with E-state index in [1.165, 1.54) is 7.11 Å². The lowest BCUT2D eigenvalue weighted by atomic mass is 9.79. The molecule has 0 aliphatic heterocycles. The highest BCUT2D eigenvalue weighted by Gasteiger charge is 2.41. The zero-order chi connectivity index (χ0) is 24.1. The first-order valence-electron chi connectivity index (χ1n) is 12.3. The van der Waals surface area contributed by atoms with Crippen molar-refractivity contribution in [3.8, 4) is 0 Å². The molecule has 1 aliphatic rings. The summed E-state index contributed by atoms with van der Waals surface area (Å²) in [5, 5.41) is 10.7. The van der Waals surface area contributed by atoms with Crippen LogP contribution in [0.3, 0.4) is 0 Å². The molecule has 0 aromatic carbocycles. The van der Waals surface area contributed by atoms with Crippen molar-refractivity contribution in [2.24, 2.45) is 23.2 Å². The van der Waals surface area contributed by atoms with Crippen LogP contribution in [0.2, 0.25) is 0 Å². The molecule has 1 rings (SSSR count). The molecule has 0 aromatic heterocycles. The van der Waals surface area contributed by atoms with E-state index in [1.54, 1.807) is 7.11 Å². The van der Waals surface area contributed by atoms with E-state index >= 15 is 0 Å². The maximum atomic E-state index is 13.0. The van der Waals surface area contributed by atoms with Gasteiger partial charge in [0.15, 0.2) is 0 Å². The average molecular weight is 451 g/mol. The summed E-state index contributed by atoms with van der Waals surface area (Å²) in [6.07, 6.45) is 15.5. The van der Waals surface area contributed by atoms with Crippen LogP contribution in [0.5, 0.6) is 0 Å². The van der Waals surface area contributed by atoms with Gasteiger partial charge in [-0.2, -0.15) is 0 Å². The number of hydrogen-bond acceptors (Lipinski definition) is 5. The maximum absolute atomic E-state index is 13.0. The van der Waals surface area contributed by atoms with E-state index in [2.05, 4.69) is 36.0 Å². The zero-order valence-electron chi connectivity index (χ0n) is 21.1. The number of allylic oxidation sites excluding steroid dienone is 3. The molecule has 0 radical (unpaired) electrons. The number of carbonyl (C=O) groups excluding carboxylic acids is 2. The second-order valence-electron chi connectivity index (χ2n) is 10.1. The van der Waals surface area contributed by atoms with Gasteiger partial charge in [0.25, 0.3) is 0 Å². The molecule has 32 heavy (non-hydrogen) atoms. The van der Waals surface area contributed by atoms with Gasteiger partial charge in [-0.15, -0.1) is 0 Å². The Morgan fingerprint density at radius 1 is 1.12 bits per heavy atom. The predicted octanol–water partition coefficient (Wildman–Crippen LogP) is 5.66. The Hall–Kier alpha value is -1.46. The van der Waals surface area contributed by atoms with Crippen molar-refractivity contribution in [1.82, 2.24) is 0 Å². The summed E-state index contributed by atoms with van der Waals surface area (Å²) < 4.78 is 10.4. The van der Waals surface area contributed by atoms with Crippen molar-refractivity contribution in [2.45, 2.75) is 97.7 Å². The quantitative estimate of drug-likeness (QED) is 0.210. The average Bonchev–Trinajstić information content (AvgIpc) is 3.06. The van der Waals surface area contributed by atoms with E-state index in [4.69, 9.17) is 4.74 Å². The third kappa shape index (κ3) is 9.58. The van der Waals surface area contributed by atoms with Crippen LogP contribution >= 0.6 is 0 Å². The second kappa shape index (κ2) is 14.6. The molecular weight excluding hydrogens is 404 g/mol. The molecule has 1 fully saturated rings. The minimum absolute atomic E-state index is 0.0417. The van der Waals surface area contributed by atoms with Gasteiger partial charge in [-0.05, 0) is 31.6 Å². The first kappa shape index (κ1) is 28.6. The smallest absolute Gasteiger partial charge is 0.305 e. The third-order valence-electron chi connectivity index (χ3n) is 6.51. The lowest BCUT2D eigenvalue weighted by Gasteiger charge is -2.25. The minimum Gasteiger partial charge on any atom is -0.469 e. The number of ketones is 1. The van der Waals surface area contributed by atoms with E-state index in [1.807, 2.05) is 20.8 Å². The van der Waals surface area contributed by atoms with Gasteiger partial charge in [0.05, 0.1) is 19.3 Å². The summed E-state index contributed by atoms with van der Waals surface area (Å²) in [4.78, 5) is 24.2. The number of aliphatic hydroxyl groups excluding tert-OH is 1. The van der Waals surface area contributed by atoms with Crippen molar-refractivity contribution < 1.29 is 24.2 Å². The lowest BCUT2D eigenvalue weighted by Crippen LogP contribution is -2.28. The summed E-state index contributed by atoms with van der Waals surface area (Å²) in [6, 6.07) is 0. The SMILES string of the molecule is CCCCCC(C=CC1C(OC)CC(O)C1CC=CCCCC(=O)OC)C(=O)C(C)(C)C. The number of Topliss-reactive ketones (excluding diaryl/α,β-unsaturated/α-hetero) is 1. The number of ether oxygens (including phenoxy) is 2. The normalized spacial score (nSPS) is 25.0. The fraction of sp³-hybridized carbons (Fsp3) is 0.778. The van der Waals surface area contributed by atoms with Crippen molar-refractivity contribution in [3.63, 3.8) is 0 Å². The summed E-state index contributed by atoms with van der Waals surface area (Å²) in [7, 11) is 3.10. The third-order valence-corrected chi connectivity index (χ3v) is 6.51. The van der Waals surface area contributed by atoms with E-state index < -0.39 is 6.10 Å². The number of unbranched alkanes of at least 4 members (excludes halogenated alkanes) is 3. The molecule has 0 heterocycles. The molecule has 0 bridgehead atoms. The molecule has 1 aliphatic carbocycles. The van der Waals surface area contributed by atoms with Crippen LogP contribution < -0.4 is 0 Å². The van der Waals surface area contributed by atoms with E-state index in [0.29, 0.717) is 12.8 Å². The number of aliphatic hydroxyl groups is 1. The Morgan fingerprint density at radius 2 is 1.84 bits per heavy atom. The second-order valence-corrected chi connectivity index (χ2v) is 10.1. The molecule has 184 valence electrons. The van der Waals surface area contributed by atoms with Crippen LogP contribution in [0, 0.1) is 23.2 Å². The lowest BCUT2D eigenvalue weighted by molar-refractivity contribution is -0.140. The van der Waals surface area contributed by atoms with Crippen molar-refractivity contribution >= 4 is 11.8 Å². The van der Waals surface area contributed by atoms with Gasteiger partial charge in [0.2, 0.25) is 0 Å². The van der Waals surface area contributed by atoms with Crippen LogP contribution in [0.4, 0.5) is 0 Å². The van der Waals surface area contributed by atoms with E-state index in [9.17, 15) is 14.7 Å². The molecule has 5 atom stereocenters.